The molecule has 26 heavy (non-hydrogen) atoms. The molecular formula is C16H18F3N3O3S. The number of thioether (sulfide) groups is 1. The van der Waals surface area contributed by atoms with Gasteiger partial charge in [-0.15, -0.1) is 0 Å². The molecule has 0 bridgehead atoms. The fraction of sp³-hybridized carbons (Fsp3) is 0.438. The highest BCUT2D eigenvalue weighted by molar-refractivity contribution is 8.00. The highest BCUT2D eigenvalue weighted by Crippen LogP contribution is 2.23. The van der Waals surface area contributed by atoms with Gasteiger partial charge in [0.2, 0.25) is 5.91 Å². The Bertz CT molecular complexity index is 839. The summed E-state index contributed by atoms with van der Waals surface area (Å²) in [5, 5.41) is 10.6. The topological polar surface area (TPSA) is 84.2 Å². The molecule has 1 aromatic heterocycles. The zero-order valence-electron chi connectivity index (χ0n) is 13.9. The summed E-state index contributed by atoms with van der Waals surface area (Å²) in [6.07, 6.45) is -4.19. The Morgan fingerprint density at radius 2 is 2.08 bits per heavy atom. The van der Waals surface area contributed by atoms with Gasteiger partial charge >= 0.3 is 6.18 Å². The van der Waals surface area contributed by atoms with E-state index in [4.69, 9.17) is 5.11 Å². The molecule has 0 aliphatic heterocycles. The Balaban J connectivity index is 2.29. The molecule has 0 spiro atoms. The van der Waals surface area contributed by atoms with Crippen LogP contribution in [0.3, 0.4) is 0 Å². The Morgan fingerprint density at radius 3 is 2.73 bits per heavy atom. The van der Waals surface area contributed by atoms with Crippen molar-refractivity contribution in [3.63, 3.8) is 0 Å². The molecule has 1 aromatic carbocycles. The predicted molar refractivity (Wildman–Crippen MR) is 92.1 cm³/mol. The number of nitrogens with zero attached hydrogens (tertiary/aromatic N) is 2. The zero-order chi connectivity index (χ0) is 19.3. The second-order valence-electron chi connectivity index (χ2n) is 5.54. The van der Waals surface area contributed by atoms with Gasteiger partial charge in [-0.05, 0) is 25.5 Å². The van der Waals surface area contributed by atoms with Crippen molar-refractivity contribution in [2.45, 2.75) is 36.5 Å². The number of carbonyl (C=O) groups is 1. The predicted octanol–water partition coefficient (Wildman–Crippen LogP) is 1.94. The summed E-state index contributed by atoms with van der Waals surface area (Å²) in [4.78, 5) is 28.9. The maximum Gasteiger partial charge on any atom is 0.405 e. The monoisotopic (exact) mass is 389 g/mol. The van der Waals surface area contributed by atoms with E-state index in [1.54, 1.807) is 24.3 Å². The van der Waals surface area contributed by atoms with Crippen LogP contribution < -0.4 is 10.9 Å². The number of alkyl halides is 3. The SMILES string of the molecule is CC(Sc1nc2ccccc2c(=O)n1CCCO)C(=O)NCC(F)(F)F. The van der Waals surface area contributed by atoms with Crippen molar-refractivity contribution in [1.82, 2.24) is 14.9 Å². The number of nitrogens with one attached hydrogen (secondary N) is 1. The number of hydrogen-bond acceptors (Lipinski definition) is 5. The van der Waals surface area contributed by atoms with Crippen LogP contribution in [0.15, 0.2) is 34.2 Å². The molecule has 1 unspecified atom stereocenters. The van der Waals surface area contributed by atoms with Gasteiger partial charge in [-0.25, -0.2) is 4.98 Å². The van der Waals surface area contributed by atoms with Crippen LogP contribution in [0.1, 0.15) is 13.3 Å². The Hall–Kier alpha value is -2.07. The maximum atomic E-state index is 12.6. The van der Waals surface area contributed by atoms with E-state index in [0.29, 0.717) is 17.3 Å². The number of aromatic nitrogens is 2. The van der Waals surface area contributed by atoms with Crippen LogP contribution in [0.4, 0.5) is 13.2 Å². The highest BCUT2D eigenvalue weighted by atomic mass is 32.2. The first-order valence-electron chi connectivity index (χ1n) is 7.84. The third-order valence-corrected chi connectivity index (χ3v) is 4.57. The van der Waals surface area contributed by atoms with Crippen molar-refractivity contribution < 1.29 is 23.1 Å². The fourth-order valence-electron chi connectivity index (χ4n) is 2.21. The molecule has 1 amide bonds. The summed E-state index contributed by atoms with van der Waals surface area (Å²) in [5.41, 5.74) is 0.109. The number of fused-ring (bicyclic) bond motifs is 1. The lowest BCUT2D eigenvalue weighted by molar-refractivity contribution is -0.137. The molecule has 2 N–H and O–H groups in total. The van der Waals surface area contributed by atoms with E-state index in [9.17, 15) is 22.8 Å². The fourth-order valence-corrected chi connectivity index (χ4v) is 3.17. The molecular weight excluding hydrogens is 371 g/mol. The van der Waals surface area contributed by atoms with Crippen LogP contribution in [0.25, 0.3) is 10.9 Å². The van der Waals surface area contributed by atoms with Crippen LogP contribution in [0.5, 0.6) is 0 Å². The van der Waals surface area contributed by atoms with Crippen LogP contribution in [0, 0.1) is 0 Å². The van der Waals surface area contributed by atoms with Gasteiger partial charge < -0.3 is 10.4 Å². The molecule has 0 saturated carbocycles. The first kappa shape index (κ1) is 20.2. The van der Waals surface area contributed by atoms with E-state index in [1.807, 2.05) is 5.32 Å². The number of aliphatic hydroxyl groups excluding tert-OH is 1. The number of para-hydroxylation sites is 1. The number of carbonyl (C=O) groups excluding carboxylic acids is 1. The van der Waals surface area contributed by atoms with E-state index >= 15 is 0 Å². The molecule has 0 aliphatic carbocycles. The van der Waals surface area contributed by atoms with Gasteiger partial charge in [0.1, 0.15) is 6.54 Å². The molecule has 0 radical (unpaired) electrons. The van der Waals surface area contributed by atoms with Crippen molar-refractivity contribution >= 4 is 28.6 Å². The molecule has 0 aliphatic rings. The average Bonchev–Trinajstić information content (AvgIpc) is 2.58. The number of rotatable bonds is 7. The van der Waals surface area contributed by atoms with Crippen molar-refractivity contribution in [2.75, 3.05) is 13.2 Å². The van der Waals surface area contributed by atoms with E-state index in [-0.39, 0.29) is 23.9 Å². The second-order valence-corrected chi connectivity index (χ2v) is 6.85. The van der Waals surface area contributed by atoms with Crippen LogP contribution in [0.2, 0.25) is 0 Å². The first-order chi connectivity index (χ1) is 12.2. The van der Waals surface area contributed by atoms with E-state index in [0.717, 1.165) is 11.8 Å². The quantitative estimate of drug-likeness (QED) is 0.559. The number of benzene rings is 1. The minimum Gasteiger partial charge on any atom is -0.396 e. The van der Waals surface area contributed by atoms with E-state index < -0.39 is 23.9 Å². The lowest BCUT2D eigenvalue weighted by Gasteiger charge is -2.16. The standard InChI is InChI=1S/C16H18F3N3O3S/c1-10(13(24)20-9-16(17,18)19)26-15-21-12-6-3-2-5-11(12)14(25)22(15)7-4-8-23/h2-3,5-6,10,23H,4,7-9H2,1H3,(H,20,24). The lowest BCUT2D eigenvalue weighted by Crippen LogP contribution is -2.38. The Kier molecular flexibility index (Phi) is 6.65. The summed E-state index contributed by atoms with van der Waals surface area (Å²) in [6.45, 7) is 0.0741. The highest BCUT2D eigenvalue weighted by Gasteiger charge is 2.29. The molecule has 1 heterocycles. The Morgan fingerprint density at radius 1 is 1.38 bits per heavy atom. The van der Waals surface area contributed by atoms with Gasteiger partial charge in [-0.2, -0.15) is 13.2 Å². The molecule has 1 atom stereocenters. The minimum absolute atomic E-state index is 0.134. The van der Waals surface area contributed by atoms with Gasteiger partial charge in [0.25, 0.3) is 5.56 Å². The summed E-state index contributed by atoms with van der Waals surface area (Å²) in [6, 6.07) is 6.67. The normalized spacial score (nSPS) is 13.0. The van der Waals surface area contributed by atoms with Crippen LogP contribution in [-0.2, 0) is 11.3 Å². The van der Waals surface area contributed by atoms with Gasteiger partial charge in [-0.1, -0.05) is 23.9 Å². The van der Waals surface area contributed by atoms with Gasteiger partial charge in [0.15, 0.2) is 5.16 Å². The maximum absolute atomic E-state index is 12.6. The molecule has 6 nitrogen and oxygen atoms in total. The summed E-state index contributed by atoms with van der Waals surface area (Å²) >= 11 is 0.899. The van der Waals surface area contributed by atoms with Crippen molar-refractivity contribution in [1.29, 1.82) is 0 Å². The zero-order valence-corrected chi connectivity index (χ0v) is 14.7. The van der Waals surface area contributed by atoms with Crippen molar-refractivity contribution in [3.05, 3.63) is 34.6 Å². The molecule has 142 valence electrons. The van der Waals surface area contributed by atoms with E-state index in [2.05, 4.69) is 4.98 Å². The lowest BCUT2D eigenvalue weighted by atomic mass is 10.2. The van der Waals surface area contributed by atoms with E-state index in [1.165, 1.54) is 11.5 Å². The van der Waals surface area contributed by atoms with Crippen LogP contribution >= 0.6 is 11.8 Å². The number of halogens is 3. The summed E-state index contributed by atoms with van der Waals surface area (Å²) in [7, 11) is 0. The third-order valence-electron chi connectivity index (χ3n) is 3.48. The van der Waals surface area contributed by atoms with Crippen LogP contribution in [-0.4, -0.2) is 45.1 Å². The van der Waals surface area contributed by atoms with Gasteiger partial charge in [-0.3, -0.25) is 14.2 Å². The largest absolute Gasteiger partial charge is 0.405 e. The molecule has 10 heteroatoms. The third kappa shape index (κ3) is 5.21. The number of hydrogen-bond donors (Lipinski definition) is 2. The first-order valence-corrected chi connectivity index (χ1v) is 8.72. The number of aliphatic hydroxyl groups is 1. The molecule has 2 rings (SSSR count). The van der Waals surface area contributed by atoms with Gasteiger partial charge in [0, 0.05) is 13.2 Å². The molecule has 0 saturated heterocycles. The summed E-state index contributed by atoms with van der Waals surface area (Å²) in [5.74, 6) is -0.802. The second kappa shape index (κ2) is 8.54. The summed E-state index contributed by atoms with van der Waals surface area (Å²) < 4.78 is 38.0. The Labute approximate surface area is 151 Å². The minimum atomic E-state index is -4.50. The van der Waals surface area contributed by atoms with Crippen molar-refractivity contribution in [3.8, 4) is 0 Å². The molecule has 2 aromatic rings. The number of amides is 1. The van der Waals surface area contributed by atoms with Crippen molar-refractivity contribution in [2.24, 2.45) is 0 Å². The van der Waals surface area contributed by atoms with Gasteiger partial charge in [0.05, 0.1) is 16.2 Å². The average molecular weight is 389 g/mol. The smallest absolute Gasteiger partial charge is 0.396 e. The molecule has 0 fully saturated rings.